The zero-order valence-corrected chi connectivity index (χ0v) is 15.4. The quantitative estimate of drug-likeness (QED) is 0.619. The van der Waals surface area contributed by atoms with Crippen molar-refractivity contribution >= 4 is 34.7 Å². The van der Waals surface area contributed by atoms with E-state index in [0.29, 0.717) is 23.2 Å². The van der Waals surface area contributed by atoms with Crippen molar-refractivity contribution in [1.29, 1.82) is 0 Å². The van der Waals surface area contributed by atoms with Gasteiger partial charge in [-0.3, -0.25) is 4.79 Å². The van der Waals surface area contributed by atoms with Gasteiger partial charge in [0.1, 0.15) is 5.82 Å². The molecule has 2 heterocycles. The Labute approximate surface area is 161 Å². The highest BCUT2D eigenvalue weighted by atomic mass is 16.7. The number of hydrogen-bond acceptors (Lipinski definition) is 7. The molecule has 1 aromatic heterocycles. The van der Waals surface area contributed by atoms with Gasteiger partial charge in [0, 0.05) is 41.8 Å². The molecule has 0 saturated heterocycles. The largest absolute Gasteiger partial charge is 0.454 e. The van der Waals surface area contributed by atoms with Gasteiger partial charge in [0.05, 0.1) is 0 Å². The Bertz CT molecular complexity index is 1040. The standard InChI is InChI=1S/C20H19N5O3/c1-12-8-19(23-16-6-7-17-18(10-16)28-11-27-17)25-20(21-12)24-15-5-3-4-14(9-15)22-13(2)26/h3-10H,11H2,1-2H3,(H,22,26)(H2,21,23,24,25). The van der Waals surface area contributed by atoms with Crippen LogP contribution in [-0.2, 0) is 4.79 Å². The topological polar surface area (TPSA) is 97.4 Å². The molecule has 0 bridgehead atoms. The van der Waals surface area contributed by atoms with Crippen LogP contribution in [0.25, 0.3) is 0 Å². The number of amides is 1. The Kier molecular flexibility index (Phi) is 4.67. The van der Waals surface area contributed by atoms with Crippen LogP contribution in [0, 0.1) is 6.92 Å². The highest BCUT2D eigenvalue weighted by molar-refractivity contribution is 5.89. The van der Waals surface area contributed by atoms with Gasteiger partial charge in [-0.1, -0.05) is 6.07 Å². The van der Waals surface area contributed by atoms with Crippen molar-refractivity contribution in [3.8, 4) is 11.5 Å². The molecule has 0 spiro atoms. The number of anilines is 5. The summed E-state index contributed by atoms with van der Waals surface area (Å²) in [4.78, 5) is 20.2. The van der Waals surface area contributed by atoms with Crippen molar-refractivity contribution in [3.63, 3.8) is 0 Å². The zero-order chi connectivity index (χ0) is 19.5. The van der Waals surface area contributed by atoms with Gasteiger partial charge in [-0.2, -0.15) is 4.98 Å². The van der Waals surface area contributed by atoms with Gasteiger partial charge in [0.25, 0.3) is 0 Å². The minimum atomic E-state index is -0.126. The lowest BCUT2D eigenvalue weighted by Gasteiger charge is -2.11. The second-order valence-corrected chi connectivity index (χ2v) is 6.30. The number of aryl methyl sites for hydroxylation is 1. The maximum atomic E-state index is 11.2. The summed E-state index contributed by atoms with van der Waals surface area (Å²) in [6.45, 7) is 3.60. The molecule has 0 aliphatic carbocycles. The lowest BCUT2D eigenvalue weighted by Crippen LogP contribution is -2.06. The van der Waals surface area contributed by atoms with Crippen LogP contribution in [0.1, 0.15) is 12.6 Å². The van der Waals surface area contributed by atoms with Crippen molar-refractivity contribution in [3.05, 3.63) is 54.2 Å². The van der Waals surface area contributed by atoms with Crippen LogP contribution in [0.3, 0.4) is 0 Å². The summed E-state index contributed by atoms with van der Waals surface area (Å²) in [7, 11) is 0. The Morgan fingerprint density at radius 2 is 1.71 bits per heavy atom. The summed E-state index contributed by atoms with van der Waals surface area (Å²) < 4.78 is 10.7. The summed E-state index contributed by atoms with van der Waals surface area (Å²) in [6.07, 6.45) is 0. The van der Waals surface area contributed by atoms with E-state index in [4.69, 9.17) is 9.47 Å². The van der Waals surface area contributed by atoms with Gasteiger partial charge >= 0.3 is 0 Å². The van der Waals surface area contributed by atoms with E-state index >= 15 is 0 Å². The number of aromatic nitrogens is 2. The fourth-order valence-electron chi connectivity index (χ4n) is 2.82. The van der Waals surface area contributed by atoms with Crippen molar-refractivity contribution in [2.75, 3.05) is 22.7 Å². The van der Waals surface area contributed by atoms with Gasteiger partial charge in [-0.15, -0.1) is 0 Å². The van der Waals surface area contributed by atoms with Crippen LogP contribution in [-0.4, -0.2) is 22.7 Å². The number of ether oxygens (including phenoxy) is 2. The van der Waals surface area contributed by atoms with E-state index in [-0.39, 0.29) is 12.7 Å². The van der Waals surface area contributed by atoms with E-state index in [2.05, 4.69) is 25.9 Å². The minimum Gasteiger partial charge on any atom is -0.454 e. The third-order valence-electron chi connectivity index (χ3n) is 3.94. The summed E-state index contributed by atoms with van der Waals surface area (Å²) in [5.74, 6) is 2.39. The van der Waals surface area contributed by atoms with E-state index in [1.54, 1.807) is 0 Å². The number of nitrogens with one attached hydrogen (secondary N) is 3. The Morgan fingerprint density at radius 3 is 2.57 bits per heavy atom. The molecule has 1 aliphatic heterocycles. The molecule has 28 heavy (non-hydrogen) atoms. The van der Waals surface area contributed by atoms with Crippen LogP contribution < -0.4 is 25.4 Å². The molecular weight excluding hydrogens is 358 g/mol. The highest BCUT2D eigenvalue weighted by Crippen LogP contribution is 2.35. The van der Waals surface area contributed by atoms with E-state index in [1.165, 1.54) is 6.92 Å². The highest BCUT2D eigenvalue weighted by Gasteiger charge is 2.13. The molecule has 142 valence electrons. The first-order valence-electron chi connectivity index (χ1n) is 8.72. The summed E-state index contributed by atoms with van der Waals surface area (Å²) >= 11 is 0. The number of rotatable bonds is 5. The van der Waals surface area contributed by atoms with Crippen LogP contribution >= 0.6 is 0 Å². The van der Waals surface area contributed by atoms with Crippen LogP contribution in [0.5, 0.6) is 11.5 Å². The van der Waals surface area contributed by atoms with Gasteiger partial charge in [-0.05, 0) is 37.3 Å². The van der Waals surface area contributed by atoms with Gasteiger partial charge < -0.3 is 25.4 Å². The molecule has 3 N–H and O–H groups in total. The molecule has 0 unspecified atom stereocenters. The van der Waals surface area contributed by atoms with Crippen LogP contribution in [0.2, 0.25) is 0 Å². The molecule has 3 aromatic rings. The number of benzene rings is 2. The van der Waals surface area contributed by atoms with E-state index in [9.17, 15) is 4.79 Å². The maximum absolute atomic E-state index is 11.2. The Hall–Kier alpha value is -3.81. The predicted molar refractivity (Wildman–Crippen MR) is 107 cm³/mol. The van der Waals surface area contributed by atoms with Crippen LogP contribution in [0.4, 0.5) is 28.8 Å². The van der Waals surface area contributed by atoms with Gasteiger partial charge in [0.15, 0.2) is 11.5 Å². The average Bonchev–Trinajstić information content (AvgIpc) is 3.08. The molecule has 0 fully saturated rings. The number of nitrogens with zero attached hydrogens (tertiary/aromatic N) is 2. The maximum Gasteiger partial charge on any atom is 0.231 e. The summed E-state index contributed by atoms with van der Waals surface area (Å²) in [6, 6.07) is 14.8. The number of carbonyl (C=O) groups is 1. The molecular formula is C20H19N5O3. The first-order valence-corrected chi connectivity index (χ1v) is 8.72. The third-order valence-corrected chi connectivity index (χ3v) is 3.94. The molecule has 8 heteroatoms. The van der Waals surface area contributed by atoms with Crippen molar-refractivity contribution < 1.29 is 14.3 Å². The number of fused-ring (bicyclic) bond motifs is 1. The van der Waals surface area contributed by atoms with Gasteiger partial charge in [-0.25, -0.2) is 4.98 Å². The third kappa shape index (κ3) is 4.12. The van der Waals surface area contributed by atoms with E-state index in [1.807, 2.05) is 55.5 Å². The average molecular weight is 377 g/mol. The van der Waals surface area contributed by atoms with Crippen molar-refractivity contribution in [2.24, 2.45) is 0 Å². The fourth-order valence-corrected chi connectivity index (χ4v) is 2.82. The molecule has 4 rings (SSSR count). The smallest absolute Gasteiger partial charge is 0.231 e. The zero-order valence-electron chi connectivity index (χ0n) is 15.4. The molecule has 1 amide bonds. The van der Waals surface area contributed by atoms with Crippen molar-refractivity contribution in [2.45, 2.75) is 13.8 Å². The molecule has 8 nitrogen and oxygen atoms in total. The SMILES string of the molecule is CC(=O)Nc1cccc(Nc2nc(C)cc(Nc3ccc4c(c3)OCO4)n2)c1. The van der Waals surface area contributed by atoms with Crippen molar-refractivity contribution in [1.82, 2.24) is 9.97 Å². The first-order chi connectivity index (χ1) is 13.5. The molecule has 0 radical (unpaired) electrons. The monoisotopic (exact) mass is 377 g/mol. The van der Waals surface area contributed by atoms with E-state index < -0.39 is 0 Å². The number of carbonyl (C=O) groups excluding carboxylic acids is 1. The minimum absolute atomic E-state index is 0.126. The lowest BCUT2D eigenvalue weighted by atomic mass is 10.2. The first kappa shape index (κ1) is 17.6. The Balaban J connectivity index is 1.53. The molecule has 0 atom stereocenters. The normalized spacial score (nSPS) is 11.8. The Morgan fingerprint density at radius 1 is 0.929 bits per heavy atom. The van der Waals surface area contributed by atoms with E-state index in [0.717, 1.165) is 22.8 Å². The second-order valence-electron chi connectivity index (χ2n) is 6.30. The fraction of sp³-hybridized carbons (Fsp3) is 0.150. The molecule has 0 saturated carbocycles. The molecule has 2 aromatic carbocycles. The summed E-state index contributed by atoms with van der Waals surface area (Å²) in [5.41, 5.74) is 3.11. The predicted octanol–water partition coefficient (Wildman–Crippen LogP) is 3.96. The lowest BCUT2D eigenvalue weighted by molar-refractivity contribution is -0.114. The summed E-state index contributed by atoms with van der Waals surface area (Å²) in [5, 5.41) is 9.18. The van der Waals surface area contributed by atoms with Crippen LogP contribution in [0.15, 0.2) is 48.5 Å². The number of hydrogen-bond donors (Lipinski definition) is 3. The van der Waals surface area contributed by atoms with Gasteiger partial charge in [0.2, 0.25) is 18.6 Å². The second kappa shape index (κ2) is 7.43. The molecule has 1 aliphatic rings.